The first kappa shape index (κ1) is 9.74. The van der Waals surface area contributed by atoms with Gasteiger partial charge in [0.15, 0.2) is 0 Å². The van der Waals surface area contributed by atoms with Gasteiger partial charge in [-0.2, -0.15) is 0 Å². The van der Waals surface area contributed by atoms with E-state index in [9.17, 15) is 0 Å². The first-order valence-corrected chi connectivity index (χ1v) is 6.44. The van der Waals surface area contributed by atoms with Crippen molar-refractivity contribution in [2.45, 2.75) is 20.0 Å². The predicted molar refractivity (Wildman–Crippen MR) is 57.0 cm³/mol. The molecule has 0 fully saturated rings. The Kier molecular flexibility index (Phi) is 4.32. The number of benzene rings is 1. The van der Waals surface area contributed by atoms with Crippen LogP contribution in [0.15, 0.2) is 24.3 Å². The van der Waals surface area contributed by atoms with Crippen molar-refractivity contribution in [2.24, 2.45) is 0 Å². The molecule has 0 atom stereocenters. The molecule has 0 bridgehead atoms. The zero-order valence-corrected chi connectivity index (χ0v) is 8.77. The molecule has 0 aliphatic rings. The second kappa shape index (κ2) is 5.32. The largest absolute Gasteiger partial charge is 0.103 e. The molecule has 0 saturated carbocycles. The molecule has 65 valence electrons. The highest BCUT2D eigenvalue weighted by Gasteiger charge is 2.02. The molecule has 0 N–H and O–H groups in total. The second-order valence-corrected chi connectivity index (χ2v) is 5.79. The van der Waals surface area contributed by atoms with Crippen LogP contribution >= 0.6 is 7.92 Å². The van der Waals surface area contributed by atoms with Crippen LogP contribution in [0.4, 0.5) is 0 Å². The van der Waals surface area contributed by atoms with E-state index in [4.69, 9.17) is 0 Å². The van der Waals surface area contributed by atoms with Crippen LogP contribution in [0.5, 0.6) is 0 Å². The monoisotopic (exact) mass is 179 g/mol. The first-order chi connectivity index (χ1) is 5.86. The lowest BCUT2D eigenvalue weighted by Crippen LogP contribution is -1.88. The van der Waals surface area contributed by atoms with Gasteiger partial charge in [0.05, 0.1) is 0 Å². The molecule has 0 aliphatic heterocycles. The van der Waals surface area contributed by atoms with E-state index >= 15 is 0 Å². The third-order valence-corrected chi connectivity index (χ3v) is 4.69. The molecule has 1 aromatic rings. The molecule has 0 aliphatic carbocycles. The average Bonchev–Trinajstić information content (AvgIpc) is 2.16. The molecule has 0 unspecified atom stereocenters. The molecule has 1 heteroatoms. The van der Waals surface area contributed by atoms with Crippen molar-refractivity contribution in [3.8, 4) is 0 Å². The van der Waals surface area contributed by atoms with E-state index < -0.39 is 0 Å². The van der Waals surface area contributed by atoms with E-state index in [1.165, 1.54) is 24.0 Å². The van der Waals surface area contributed by atoms with Crippen molar-refractivity contribution in [1.29, 1.82) is 0 Å². The lowest BCUT2D eigenvalue weighted by atomic mass is 10.2. The van der Waals surface area contributed by atoms with Gasteiger partial charge in [-0.3, -0.25) is 0 Å². The summed E-state index contributed by atoms with van der Waals surface area (Å²) in [6.07, 6.45) is 3.99. The smallest absolute Gasteiger partial charge is 0.00733 e. The van der Waals surface area contributed by atoms with Crippen LogP contribution in [0.2, 0.25) is 0 Å². The fourth-order valence-corrected chi connectivity index (χ4v) is 2.85. The highest BCUT2D eigenvalue weighted by Crippen LogP contribution is 2.38. The molecule has 1 aromatic carbocycles. The maximum Gasteiger partial charge on any atom is -0.00733 e. The lowest BCUT2D eigenvalue weighted by molar-refractivity contribution is 1.31. The third-order valence-electron chi connectivity index (χ3n) is 2.09. The summed E-state index contributed by atoms with van der Waals surface area (Å²) in [6.45, 7) is 4.59. The molecule has 12 heavy (non-hydrogen) atoms. The second-order valence-electron chi connectivity index (χ2n) is 2.87. The van der Waals surface area contributed by atoms with E-state index in [0.29, 0.717) is 0 Å². The molecule has 1 rings (SSSR count). The number of hydrogen-bond acceptors (Lipinski definition) is 0. The fraction of sp³-hybridized carbons (Fsp3) is 0.455. The van der Waals surface area contributed by atoms with Gasteiger partial charge in [0.2, 0.25) is 0 Å². The van der Waals surface area contributed by atoms with Crippen molar-refractivity contribution >= 4 is 7.92 Å². The zero-order valence-electron chi connectivity index (χ0n) is 7.88. The van der Waals surface area contributed by atoms with Gasteiger partial charge in [0.25, 0.3) is 0 Å². The highest BCUT2D eigenvalue weighted by atomic mass is 31.1. The van der Waals surface area contributed by atoms with Crippen molar-refractivity contribution < 1.29 is 0 Å². The Morgan fingerprint density at radius 1 is 1.17 bits per heavy atom. The lowest BCUT2D eigenvalue weighted by Gasteiger charge is -2.12. The van der Waals surface area contributed by atoms with E-state index in [0.717, 1.165) is 0 Å². The molecule has 1 radical (unpaired) electrons. The van der Waals surface area contributed by atoms with E-state index in [2.05, 4.69) is 32.0 Å². The molecule has 0 amide bonds. The van der Waals surface area contributed by atoms with Gasteiger partial charge in [-0.15, -0.1) is 7.92 Å². The van der Waals surface area contributed by atoms with Crippen LogP contribution in [0.3, 0.4) is 0 Å². The topological polar surface area (TPSA) is 0 Å². The Labute approximate surface area is 76.8 Å². The summed E-state index contributed by atoms with van der Waals surface area (Å²) in [5.74, 6) is 0. The van der Waals surface area contributed by atoms with Crippen LogP contribution in [-0.4, -0.2) is 12.3 Å². The van der Waals surface area contributed by atoms with Crippen molar-refractivity contribution in [3.63, 3.8) is 0 Å². The summed E-state index contributed by atoms with van der Waals surface area (Å²) in [4.78, 5) is 0. The van der Waals surface area contributed by atoms with Crippen LogP contribution in [0.1, 0.15) is 19.4 Å². The summed E-state index contributed by atoms with van der Waals surface area (Å²) < 4.78 is 0. The van der Waals surface area contributed by atoms with E-state index in [1.807, 2.05) is 12.1 Å². The quantitative estimate of drug-likeness (QED) is 0.620. The highest BCUT2D eigenvalue weighted by molar-refractivity contribution is 7.56. The average molecular weight is 179 g/mol. The molecular weight excluding hydrogens is 163 g/mol. The van der Waals surface area contributed by atoms with Crippen LogP contribution in [-0.2, 0) is 6.16 Å². The predicted octanol–water partition coefficient (Wildman–Crippen LogP) is 3.51. The summed E-state index contributed by atoms with van der Waals surface area (Å²) >= 11 is 0. The standard InChI is InChI=1S/C11H16P/c1-3-12(4-2)10-11-8-6-5-7-9-11/h6-9H,3-4,10H2,1-2H3. The maximum absolute atomic E-state index is 3.05. The van der Waals surface area contributed by atoms with Gasteiger partial charge >= 0.3 is 0 Å². The van der Waals surface area contributed by atoms with Gasteiger partial charge in [0.1, 0.15) is 0 Å². The molecule has 0 spiro atoms. The van der Waals surface area contributed by atoms with Crippen molar-refractivity contribution in [2.75, 3.05) is 12.3 Å². The van der Waals surface area contributed by atoms with Gasteiger partial charge in [-0.05, 0) is 30.1 Å². The van der Waals surface area contributed by atoms with Gasteiger partial charge in [0, 0.05) is 0 Å². The van der Waals surface area contributed by atoms with Gasteiger partial charge in [-0.25, -0.2) is 0 Å². The fourth-order valence-electron chi connectivity index (χ4n) is 1.23. The molecule has 0 nitrogen and oxygen atoms in total. The van der Waals surface area contributed by atoms with Crippen molar-refractivity contribution in [3.05, 3.63) is 35.9 Å². The first-order valence-electron chi connectivity index (χ1n) is 4.54. The molecule has 0 heterocycles. The molecule has 0 aromatic heterocycles. The van der Waals surface area contributed by atoms with Crippen LogP contribution < -0.4 is 0 Å². The Bertz CT molecular complexity index is 202. The van der Waals surface area contributed by atoms with Gasteiger partial charge < -0.3 is 0 Å². The Morgan fingerprint density at radius 2 is 1.75 bits per heavy atom. The van der Waals surface area contributed by atoms with Crippen molar-refractivity contribution in [1.82, 2.24) is 0 Å². The molecular formula is C11H16P. The Hall–Kier alpha value is -0.350. The maximum atomic E-state index is 3.05. The summed E-state index contributed by atoms with van der Waals surface area (Å²) in [6, 6.07) is 11.4. The van der Waals surface area contributed by atoms with Crippen LogP contribution in [0.25, 0.3) is 0 Å². The van der Waals surface area contributed by atoms with Crippen LogP contribution in [0, 0.1) is 6.07 Å². The minimum absolute atomic E-state index is 0.254. The summed E-state index contributed by atoms with van der Waals surface area (Å²) in [5, 5.41) is 0. The summed E-state index contributed by atoms with van der Waals surface area (Å²) in [5.41, 5.74) is 1.48. The minimum atomic E-state index is 0.254. The van der Waals surface area contributed by atoms with Gasteiger partial charge in [-0.1, -0.05) is 38.1 Å². The number of rotatable bonds is 4. The Morgan fingerprint density at radius 3 is 2.25 bits per heavy atom. The Balaban J connectivity index is 2.51. The summed E-state index contributed by atoms with van der Waals surface area (Å²) in [7, 11) is 0.254. The molecule has 0 saturated heterocycles. The number of hydrogen-bond donors (Lipinski definition) is 0. The third kappa shape index (κ3) is 2.95. The van der Waals surface area contributed by atoms with E-state index in [-0.39, 0.29) is 7.92 Å². The minimum Gasteiger partial charge on any atom is -0.103 e. The zero-order chi connectivity index (χ0) is 8.81. The SMILES string of the molecule is CCP(CC)Cc1cc[c]cc1. The van der Waals surface area contributed by atoms with E-state index in [1.54, 1.807) is 0 Å². The normalized spacial score (nSPS) is 10.6.